The van der Waals surface area contributed by atoms with Crippen molar-refractivity contribution >= 4 is 27.5 Å². The number of benzene rings is 1. The zero-order chi connectivity index (χ0) is 20.3. The van der Waals surface area contributed by atoms with Gasteiger partial charge in [0.05, 0.1) is 18.6 Å². The molecule has 0 atom stereocenters. The van der Waals surface area contributed by atoms with Crippen molar-refractivity contribution in [1.29, 1.82) is 0 Å². The van der Waals surface area contributed by atoms with Gasteiger partial charge in [-0.15, -0.1) is 11.3 Å². The summed E-state index contributed by atoms with van der Waals surface area (Å²) in [6.07, 6.45) is 0.420. The molecular formula is C21H24N2O4S. The van der Waals surface area contributed by atoms with Gasteiger partial charge in [-0.05, 0) is 26.3 Å². The van der Waals surface area contributed by atoms with Gasteiger partial charge in [-0.1, -0.05) is 30.3 Å². The van der Waals surface area contributed by atoms with Crippen molar-refractivity contribution in [1.82, 2.24) is 9.55 Å². The third kappa shape index (κ3) is 3.59. The topological polar surface area (TPSA) is 70.4 Å². The van der Waals surface area contributed by atoms with Gasteiger partial charge < -0.3 is 9.47 Å². The number of thiophene rings is 1. The number of ether oxygens (including phenoxy) is 2. The molecule has 3 aromatic rings. The smallest absolute Gasteiger partial charge is 0.331 e. The first-order valence-electron chi connectivity index (χ1n) is 9.17. The van der Waals surface area contributed by atoms with E-state index in [-0.39, 0.29) is 12.2 Å². The molecule has 0 aliphatic rings. The van der Waals surface area contributed by atoms with E-state index >= 15 is 0 Å². The van der Waals surface area contributed by atoms with E-state index in [0.29, 0.717) is 29.1 Å². The van der Waals surface area contributed by atoms with Crippen molar-refractivity contribution in [3.8, 4) is 11.1 Å². The van der Waals surface area contributed by atoms with Gasteiger partial charge in [0, 0.05) is 24.5 Å². The van der Waals surface area contributed by atoms with E-state index in [0.717, 1.165) is 11.1 Å². The largest absolute Gasteiger partial charge is 0.464 e. The number of fused-ring (bicyclic) bond motifs is 1. The number of carbonyl (C=O) groups is 1. The average Bonchev–Trinajstić information content (AvgIpc) is 3.11. The van der Waals surface area contributed by atoms with Crippen molar-refractivity contribution in [3.05, 3.63) is 51.9 Å². The predicted octanol–water partition coefficient (Wildman–Crippen LogP) is 3.61. The number of hydrogen-bond acceptors (Lipinski definition) is 6. The van der Waals surface area contributed by atoms with Gasteiger partial charge in [0.2, 0.25) is 0 Å². The molecular weight excluding hydrogens is 376 g/mol. The van der Waals surface area contributed by atoms with Crippen LogP contribution in [-0.2, 0) is 26.2 Å². The molecule has 0 fully saturated rings. The van der Waals surface area contributed by atoms with Crippen LogP contribution in [0.15, 0.2) is 40.5 Å². The van der Waals surface area contributed by atoms with Gasteiger partial charge in [-0.25, -0.2) is 9.78 Å². The van der Waals surface area contributed by atoms with Gasteiger partial charge in [0.25, 0.3) is 5.56 Å². The molecule has 0 unspecified atom stereocenters. The number of aromatic nitrogens is 2. The van der Waals surface area contributed by atoms with Crippen molar-refractivity contribution in [3.63, 3.8) is 0 Å². The summed E-state index contributed by atoms with van der Waals surface area (Å²) in [4.78, 5) is 31.6. The third-order valence-corrected chi connectivity index (χ3v) is 5.50. The number of carbonyl (C=O) groups excluding carboxylic acids is 1. The highest BCUT2D eigenvalue weighted by Crippen LogP contribution is 2.32. The molecule has 28 heavy (non-hydrogen) atoms. The van der Waals surface area contributed by atoms with Crippen LogP contribution in [0.1, 0.15) is 26.6 Å². The molecule has 6 nitrogen and oxygen atoms in total. The van der Waals surface area contributed by atoms with Crippen LogP contribution in [0.4, 0.5) is 0 Å². The van der Waals surface area contributed by atoms with Crippen LogP contribution in [0, 0.1) is 0 Å². The number of esters is 1. The monoisotopic (exact) mass is 400 g/mol. The lowest BCUT2D eigenvalue weighted by Crippen LogP contribution is -2.46. The van der Waals surface area contributed by atoms with Crippen LogP contribution in [-0.4, -0.2) is 35.8 Å². The van der Waals surface area contributed by atoms with Crippen LogP contribution in [0.5, 0.6) is 0 Å². The van der Waals surface area contributed by atoms with E-state index in [4.69, 9.17) is 14.5 Å². The minimum absolute atomic E-state index is 0.241. The summed E-state index contributed by atoms with van der Waals surface area (Å²) in [7, 11) is 1.59. The Morgan fingerprint density at radius 1 is 1.25 bits per heavy atom. The van der Waals surface area contributed by atoms with Crippen LogP contribution in [0.2, 0.25) is 0 Å². The molecule has 0 N–H and O–H groups in total. The molecule has 2 heterocycles. The Morgan fingerprint density at radius 3 is 2.61 bits per heavy atom. The second kappa shape index (κ2) is 8.24. The molecule has 2 aromatic heterocycles. The van der Waals surface area contributed by atoms with Gasteiger partial charge in [-0.2, -0.15) is 0 Å². The van der Waals surface area contributed by atoms with Crippen molar-refractivity contribution in [2.45, 2.75) is 32.7 Å². The van der Waals surface area contributed by atoms with Crippen LogP contribution in [0.3, 0.4) is 0 Å². The Morgan fingerprint density at radius 2 is 1.96 bits per heavy atom. The summed E-state index contributed by atoms with van der Waals surface area (Å²) in [5.41, 5.74) is 0.338. The maximum Gasteiger partial charge on any atom is 0.331 e. The van der Waals surface area contributed by atoms with E-state index < -0.39 is 11.5 Å². The first kappa shape index (κ1) is 20.2. The summed E-state index contributed by atoms with van der Waals surface area (Å²) in [6, 6.07) is 9.71. The Hall–Kier alpha value is -2.51. The summed E-state index contributed by atoms with van der Waals surface area (Å²) in [6.45, 7) is 5.76. The lowest BCUT2D eigenvalue weighted by atomic mass is 10.0. The molecule has 0 saturated carbocycles. The molecule has 0 saturated heterocycles. The number of hydrogen-bond donors (Lipinski definition) is 0. The molecule has 0 bridgehead atoms. The van der Waals surface area contributed by atoms with Crippen LogP contribution in [0.25, 0.3) is 21.3 Å². The second-order valence-corrected chi connectivity index (χ2v) is 7.74. The number of methoxy groups -OCH3 is 1. The molecule has 0 aliphatic heterocycles. The molecule has 0 spiro atoms. The average molecular weight is 401 g/mol. The first-order valence-corrected chi connectivity index (χ1v) is 10.0. The summed E-state index contributed by atoms with van der Waals surface area (Å²) < 4.78 is 11.9. The minimum atomic E-state index is -1.19. The second-order valence-electron chi connectivity index (χ2n) is 6.89. The van der Waals surface area contributed by atoms with E-state index in [2.05, 4.69) is 0 Å². The normalized spacial score (nSPS) is 11.7. The Balaban J connectivity index is 2.29. The van der Waals surface area contributed by atoms with E-state index in [1.807, 2.05) is 35.7 Å². The Labute approximate surface area is 167 Å². The summed E-state index contributed by atoms with van der Waals surface area (Å²) in [5.74, 6) is 0.0484. The van der Waals surface area contributed by atoms with Crippen molar-refractivity contribution in [2.24, 2.45) is 0 Å². The van der Waals surface area contributed by atoms with E-state index in [9.17, 15) is 9.59 Å². The van der Waals surface area contributed by atoms with Crippen LogP contribution >= 0.6 is 11.3 Å². The molecule has 3 rings (SSSR count). The molecule has 0 radical (unpaired) electrons. The highest BCUT2D eigenvalue weighted by molar-refractivity contribution is 7.17. The van der Waals surface area contributed by atoms with Gasteiger partial charge >= 0.3 is 5.97 Å². The van der Waals surface area contributed by atoms with Gasteiger partial charge in [0.15, 0.2) is 0 Å². The fraction of sp³-hybridized carbons (Fsp3) is 0.381. The van der Waals surface area contributed by atoms with Gasteiger partial charge in [0.1, 0.15) is 16.2 Å². The zero-order valence-electron chi connectivity index (χ0n) is 16.5. The Bertz CT molecular complexity index is 1040. The molecule has 7 heteroatoms. The van der Waals surface area contributed by atoms with Crippen molar-refractivity contribution < 1.29 is 14.3 Å². The summed E-state index contributed by atoms with van der Waals surface area (Å²) in [5, 5.41) is 2.46. The SMILES string of the molecule is CCOC(=O)C(C)(C)n1c(CCOC)nc2scc(-c3ccccc3)c2c1=O. The number of nitrogens with zero attached hydrogens (tertiary/aromatic N) is 2. The fourth-order valence-corrected chi connectivity index (χ4v) is 4.16. The lowest BCUT2D eigenvalue weighted by molar-refractivity contribution is -0.152. The fourth-order valence-electron chi connectivity index (χ4n) is 3.20. The van der Waals surface area contributed by atoms with Gasteiger partial charge in [-0.3, -0.25) is 9.36 Å². The molecule has 1 aromatic carbocycles. The zero-order valence-corrected chi connectivity index (χ0v) is 17.3. The predicted molar refractivity (Wildman–Crippen MR) is 111 cm³/mol. The maximum absolute atomic E-state index is 13.6. The lowest BCUT2D eigenvalue weighted by Gasteiger charge is -2.27. The number of rotatable bonds is 7. The van der Waals surface area contributed by atoms with E-state index in [1.54, 1.807) is 27.9 Å². The quantitative estimate of drug-likeness (QED) is 0.567. The third-order valence-electron chi connectivity index (χ3n) is 4.63. The van der Waals surface area contributed by atoms with E-state index in [1.165, 1.54) is 15.9 Å². The molecule has 0 amide bonds. The maximum atomic E-state index is 13.6. The van der Waals surface area contributed by atoms with Crippen molar-refractivity contribution in [2.75, 3.05) is 20.3 Å². The van der Waals surface area contributed by atoms with Crippen LogP contribution < -0.4 is 5.56 Å². The molecule has 148 valence electrons. The molecule has 0 aliphatic carbocycles. The highest BCUT2D eigenvalue weighted by atomic mass is 32.1. The highest BCUT2D eigenvalue weighted by Gasteiger charge is 2.35. The Kier molecular flexibility index (Phi) is 5.96. The summed E-state index contributed by atoms with van der Waals surface area (Å²) >= 11 is 1.43. The standard InChI is InChI=1S/C21H24N2O4S/c1-5-27-20(25)21(2,3)23-16(11-12-26-4)22-18-17(19(23)24)15(13-28-18)14-9-7-6-8-10-14/h6-10,13H,5,11-12H2,1-4H3. The first-order chi connectivity index (χ1) is 13.4. The minimum Gasteiger partial charge on any atom is -0.464 e.